The second-order valence-corrected chi connectivity index (χ2v) is 24.1. The van der Waals surface area contributed by atoms with Gasteiger partial charge in [0.1, 0.15) is 0 Å². The maximum Gasteiger partial charge on any atom is 0.366 e. The highest BCUT2D eigenvalue weighted by Crippen LogP contribution is 2.24. The number of allylic oxidation sites excluding steroid dienone is 2. The van der Waals surface area contributed by atoms with Crippen molar-refractivity contribution in [3.05, 3.63) is 23.8 Å². The first-order valence-electron chi connectivity index (χ1n) is 34.9. The third-order valence-corrected chi connectivity index (χ3v) is 15.7. The van der Waals surface area contributed by atoms with E-state index in [1.165, 1.54) is 82.8 Å². The molecule has 0 radical (unpaired) electrons. The molecule has 4 unspecified atom stereocenters. The lowest BCUT2D eigenvalue weighted by atomic mass is 9.97. The smallest absolute Gasteiger partial charge is 0.366 e. The Kier molecular flexibility index (Phi) is 59.1. The van der Waals surface area contributed by atoms with Crippen LogP contribution in [0.25, 0.3) is 0 Å². The summed E-state index contributed by atoms with van der Waals surface area (Å²) >= 11 is 0. The Labute approximate surface area is 533 Å². The largest absolute Gasteiger partial charge is 0.464 e. The van der Waals surface area contributed by atoms with E-state index in [4.69, 9.17) is 18.9 Å². The topological polar surface area (TPSA) is 152 Å². The van der Waals surface area contributed by atoms with Crippen LogP contribution >= 0.6 is 0 Å². The Bertz CT molecular complexity index is 1810. The highest BCUT2D eigenvalue weighted by atomic mass is 19.1. The summed E-state index contributed by atoms with van der Waals surface area (Å²) in [6, 6.07) is 0.274. The molecule has 0 rings (SSSR count). The molecule has 2 amide bonds. The molecule has 0 aliphatic carbocycles. The SMILES string of the molecule is CCCCCCCCCC(CCCCC/C=C(\F)C(=O)OCC)N(CCCC/C=C(\F)C(=O)OCC)C(=O)CCCN(C)C.CCCCCCCCCC(CCCCCCC(F)C(=O)OCC)N(CCCCCC(F)C(=O)OCC)C(=O)CCCN(C)C. The van der Waals surface area contributed by atoms with Gasteiger partial charge >= 0.3 is 23.9 Å². The van der Waals surface area contributed by atoms with E-state index in [0.717, 1.165) is 129 Å². The maximum absolute atomic E-state index is 14.1. The van der Waals surface area contributed by atoms with Gasteiger partial charge in [0.05, 0.1) is 26.4 Å². The summed E-state index contributed by atoms with van der Waals surface area (Å²) < 4.78 is 74.7. The molecule has 0 N–H and O–H groups in total. The molecule has 0 spiro atoms. The van der Waals surface area contributed by atoms with E-state index in [0.29, 0.717) is 58.0 Å². The van der Waals surface area contributed by atoms with Crippen LogP contribution in [-0.4, -0.2) is 161 Å². The molecule has 0 heterocycles. The zero-order chi connectivity index (χ0) is 66.0. The van der Waals surface area contributed by atoms with Crippen molar-refractivity contribution in [3.8, 4) is 0 Å². The lowest BCUT2D eigenvalue weighted by molar-refractivity contribution is -0.150. The summed E-state index contributed by atoms with van der Waals surface area (Å²) in [7, 11) is 8.03. The van der Waals surface area contributed by atoms with E-state index in [2.05, 4.69) is 33.4 Å². The zero-order valence-electron chi connectivity index (χ0n) is 57.4. The molecule has 0 saturated heterocycles. The van der Waals surface area contributed by atoms with Gasteiger partial charge < -0.3 is 38.5 Å². The van der Waals surface area contributed by atoms with E-state index in [1.807, 2.05) is 28.2 Å². The fourth-order valence-electron chi connectivity index (χ4n) is 10.7. The van der Waals surface area contributed by atoms with Crippen LogP contribution in [0, 0.1) is 0 Å². The maximum atomic E-state index is 14.1. The van der Waals surface area contributed by atoms with Crippen molar-refractivity contribution < 1.29 is 65.3 Å². The molecule has 0 bridgehead atoms. The highest BCUT2D eigenvalue weighted by molar-refractivity contribution is 5.86. The van der Waals surface area contributed by atoms with Crippen molar-refractivity contribution in [2.45, 2.75) is 310 Å². The van der Waals surface area contributed by atoms with E-state index in [-0.39, 0.29) is 63.2 Å². The van der Waals surface area contributed by atoms with Crippen molar-refractivity contribution in [2.75, 3.05) is 80.8 Å². The number of unbranched alkanes of at least 4 members (excludes halogenated alkanes) is 22. The van der Waals surface area contributed by atoms with Gasteiger partial charge in [0.15, 0.2) is 12.3 Å². The van der Waals surface area contributed by atoms with Gasteiger partial charge in [0, 0.05) is 38.0 Å². The van der Waals surface area contributed by atoms with Gasteiger partial charge in [-0.1, -0.05) is 142 Å². The normalized spacial score (nSPS) is 13.1. The Hall–Kier alpha value is -4.06. The average molecular weight is 1260 g/mol. The molecule has 0 aromatic heterocycles. The number of carbonyl (C=O) groups is 6. The molecule has 0 fully saturated rings. The van der Waals surface area contributed by atoms with Gasteiger partial charge in [-0.2, -0.15) is 8.78 Å². The Morgan fingerprint density at radius 1 is 0.352 bits per heavy atom. The lowest BCUT2D eigenvalue weighted by Gasteiger charge is -2.33. The Balaban J connectivity index is 0. The predicted molar refractivity (Wildman–Crippen MR) is 350 cm³/mol. The molecule has 4 atom stereocenters. The second-order valence-electron chi connectivity index (χ2n) is 24.1. The van der Waals surface area contributed by atoms with Crippen LogP contribution in [0.5, 0.6) is 0 Å². The number of halogens is 4. The van der Waals surface area contributed by atoms with Crippen molar-refractivity contribution in [1.82, 2.24) is 19.6 Å². The minimum absolute atomic E-state index is 0.121. The van der Waals surface area contributed by atoms with Crippen LogP contribution in [0.4, 0.5) is 17.6 Å². The summed E-state index contributed by atoms with van der Waals surface area (Å²) in [6.45, 7) is 14.7. The molecule has 88 heavy (non-hydrogen) atoms. The van der Waals surface area contributed by atoms with Crippen LogP contribution in [-0.2, 0) is 47.7 Å². The summed E-state index contributed by atoms with van der Waals surface area (Å²) in [5, 5.41) is 0. The number of hydrogen-bond acceptors (Lipinski definition) is 12. The number of nitrogens with zero attached hydrogens (tertiary/aromatic N) is 4. The van der Waals surface area contributed by atoms with Crippen molar-refractivity contribution in [3.63, 3.8) is 0 Å². The van der Waals surface area contributed by atoms with Gasteiger partial charge in [0.25, 0.3) is 0 Å². The van der Waals surface area contributed by atoms with Gasteiger partial charge in [0.2, 0.25) is 23.5 Å². The third kappa shape index (κ3) is 49.7. The van der Waals surface area contributed by atoms with Crippen molar-refractivity contribution >= 4 is 35.7 Å². The molecule has 516 valence electrons. The van der Waals surface area contributed by atoms with Crippen LogP contribution in [0.15, 0.2) is 23.8 Å². The standard InChI is InChI=1S/C35H66F2N2O5.C35H62F2N2O5/c2*1-6-9-10-11-12-13-17-23-30(24-18-14-15-19-25-31(36)34(41)43-7-2)39(33(40)27-22-28-38(4)5)29-21-16-20-26-32(37)35(42)44-8-3/h30-32H,6-29H2,1-5H3;25-26,30H,6-24,27-29H2,1-5H3/b;31-25-,32-26-. The van der Waals surface area contributed by atoms with E-state index in [1.54, 1.807) is 27.7 Å². The van der Waals surface area contributed by atoms with Gasteiger partial charge in [-0.05, 0) is 184 Å². The summed E-state index contributed by atoms with van der Waals surface area (Å²) in [6.07, 6.45) is 33.3. The number of hydrogen-bond donors (Lipinski definition) is 0. The van der Waals surface area contributed by atoms with Crippen LogP contribution < -0.4 is 0 Å². The van der Waals surface area contributed by atoms with Crippen molar-refractivity contribution in [2.24, 2.45) is 0 Å². The first kappa shape index (κ1) is 86.0. The van der Waals surface area contributed by atoms with E-state index >= 15 is 0 Å². The quantitative estimate of drug-likeness (QED) is 0.0187. The Morgan fingerprint density at radius 3 is 0.966 bits per heavy atom. The second kappa shape index (κ2) is 60.5. The fourth-order valence-corrected chi connectivity index (χ4v) is 10.7. The molecular formula is C70H128F4N4O10. The van der Waals surface area contributed by atoms with Crippen LogP contribution in [0.1, 0.15) is 286 Å². The predicted octanol–water partition coefficient (Wildman–Crippen LogP) is 17.0. The van der Waals surface area contributed by atoms with E-state index in [9.17, 15) is 46.3 Å². The summed E-state index contributed by atoms with van der Waals surface area (Å²) in [4.78, 5) is 81.5. The van der Waals surface area contributed by atoms with Gasteiger partial charge in [-0.3, -0.25) is 9.59 Å². The summed E-state index contributed by atoms with van der Waals surface area (Å²) in [5.74, 6) is -4.76. The number of alkyl halides is 2. The molecule has 0 aromatic rings. The summed E-state index contributed by atoms with van der Waals surface area (Å²) in [5.41, 5.74) is 0. The molecule has 0 aliphatic heterocycles. The lowest BCUT2D eigenvalue weighted by Crippen LogP contribution is -2.41. The minimum Gasteiger partial charge on any atom is -0.464 e. The molecular weight excluding hydrogens is 1130 g/mol. The molecule has 0 aliphatic rings. The third-order valence-electron chi connectivity index (χ3n) is 15.7. The number of carbonyl (C=O) groups excluding carboxylic acids is 6. The first-order chi connectivity index (χ1) is 42.3. The monoisotopic (exact) mass is 1260 g/mol. The first-order valence-corrected chi connectivity index (χ1v) is 34.9. The Morgan fingerprint density at radius 2 is 0.636 bits per heavy atom. The van der Waals surface area contributed by atoms with Gasteiger partial charge in [-0.15, -0.1) is 0 Å². The number of rotatable bonds is 58. The fraction of sp³-hybridized carbons (Fsp3) is 0.857. The van der Waals surface area contributed by atoms with Crippen molar-refractivity contribution in [1.29, 1.82) is 0 Å². The van der Waals surface area contributed by atoms with Crippen LogP contribution in [0.2, 0.25) is 0 Å². The van der Waals surface area contributed by atoms with E-state index < -0.39 is 47.9 Å². The van der Waals surface area contributed by atoms with Gasteiger partial charge in [-0.25, -0.2) is 28.0 Å². The zero-order valence-corrected chi connectivity index (χ0v) is 57.4. The number of amides is 2. The average Bonchev–Trinajstić information content (AvgIpc) is 3.51. The molecule has 0 saturated carbocycles. The number of ether oxygens (including phenoxy) is 4. The molecule has 0 aromatic carbocycles. The minimum atomic E-state index is -1.59. The molecule has 14 nitrogen and oxygen atoms in total. The van der Waals surface area contributed by atoms with Crippen LogP contribution in [0.3, 0.4) is 0 Å². The highest BCUT2D eigenvalue weighted by Gasteiger charge is 2.26. The molecule has 18 heteroatoms. The number of esters is 4.